The molecule has 0 amide bonds. The van der Waals surface area contributed by atoms with Crippen molar-refractivity contribution in [2.45, 2.75) is 12.3 Å². The van der Waals surface area contributed by atoms with E-state index in [0.717, 1.165) is 11.4 Å². The van der Waals surface area contributed by atoms with Crippen LogP contribution in [0.25, 0.3) is 0 Å². The van der Waals surface area contributed by atoms with Crippen LogP contribution in [0.5, 0.6) is 0 Å². The first-order chi connectivity index (χ1) is 7.70. The third-order valence-electron chi connectivity index (χ3n) is 2.43. The van der Waals surface area contributed by atoms with Gasteiger partial charge in [0, 0.05) is 13.5 Å². The lowest BCUT2D eigenvalue weighted by Gasteiger charge is -2.02. The maximum Gasteiger partial charge on any atom is 0.147 e. The van der Waals surface area contributed by atoms with Gasteiger partial charge in [-0.3, -0.25) is 0 Å². The lowest BCUT2D eigenvalue weighted by Crippen LogP contribution is -2.02. The summed E-state index contributed by atoms with van der Waals surface area (Å²) in [4.78, 5) is 0. The molecule has 2 rings (SSSR count). The van der Waals surface area contributed by atoms with Crippen molar-refractivity contribution in [2.24, 2.45) is 7.05 Å². The first kappa shape index (κ1) is 11.1. The first-order valence-corrected chi connectivity index (χ1v) is 5.41. The molecule has 1 heterocycles. The monoisotopic (exact) mass is 239 g/mol. The number of nitrogens with zero attached hydrogens (tertiary/aromatic N) is 3. The predicted molar refractivity (Wildman–Crippen MR) is 59.8 cm³/mol. The molecule has 0 unspecified atom stereocenters. The fourth-order valence-electron chi connectivity index (χ4n) is 1.50. The zero-order valence-corrected chi connectivity index (χ0v) is 9.58. The molecule has 3 nitrogen and oxygen atoms in total. The predicted octanol–water partition coefficient (Wildman–Crippen LogP) is 2.28. The van der Waals surface area contributed by atoms with E-state index in [0.29, 0.717) is 18.1 Å². The fraction of sp³-hybridized carbons (Fsp3) is 0.273. The number of alkyl halides is 1. The zero-order valence-electron chi connectivity index (χ0n) is 8.82. The number of hydrogen-bond donors (Lipinski definition) is 0. The maximum absolute atomic E-state index is 13.0. The third-order valence-corrected chi connectivity index (χ3v) is 2.67. The fourth-order valence-corrected chi connectivity index (χ4v) is 1.73. The van der Waals surface area contributed by atoms with Crippen LogP contribution in [0.1, 0.15) is 17.2 Å². The van der Waals surface area contributed by atoms with Gasteiger partial charge in [0.1, 0.15) is 17.5 Å². The molecule has 0 aliphatic carbocycles. The minimum Gasteiger partial charge on any atom is -0.317 e. The van der Waals surface area contributed by atoms with Crippen LogP contribution < -0.4 is 0 Å². The first-order valence-electron chi connectivity index (χ1n) is 4.88. The summed E-state index contributed by atoms with van der Waals surface area (Å²) in [6, 6.07) is 6.46. The highest BCUT2D eigenvalue weighted by molar-refractivity contribution is 6.16. The van der Waals surface area contributed by atoms with E-state index in [1.807, 2.05) is 17.7 Å². The molecule has 2 aromatic rings. The molecule has 0 radical (unpaired) electrons. The van der Waals surface area contributed by atoms with Crippen molar-refractivity contribution in [3.8, 4) is 0 Å². The van der Waals surface area contributed by atoms with Crippen molar-refractivity contribution in [2.75, 3.05) is 0 Å². The minimum atomic E-state index is -0.239. The van der Waals surface area contributed by atoms with E-state index in [1.54, 1.807) is 6.07 Å². The molecule has 0 fully saturated rings. The van der Waals surface area contributed by atoms with Gasteiger partial charge in [-0.15, -0.1) is 21.8 Å². The quantitative estimate of drug-likeness (QED) is 0.770. The van der Waals surface area contributed by atoms with Gasteiger partial charge < -0.3 is 4.57 Å². The molecule has 1 aromatic carbocycles. The SMILES string of the molecule is Cn1c(CCl)nnc1Cc1cccc(F)c1. The Bertz CT molecular complexity index is 496. The summed E-state index contributed by atoms with van der Waals surface area (Å²) in [6.07, 6.45) is 0.554. The average molecular weight is 240 g/mol. The number of benzene rings is 1. The second-order valence-electron chi connectivity index (χ2n) is 3.53. The number of hydrogen-bond acceptors (Lipinski definition) is 2. The number of rotatable bonds is 3. The Labute approximate surface area is 97.9 Å². The summed E-state index contributed by atoms with van der Waals surface area (Å²) in [6.45, 7) is 0. The Morgan fingerprint density at radius 2 is 2.06 bits per heavy atom. The lowest BCUT2D eigenvalue weighted by molar-refractivity contribution is 0.625. The average Bonchev–Trinajstić information content (AvgIpc) is 2.60. The molecule has 1 aromatic heterocycles. The van der Waals surface area contributed by atoms with Gasteiger partial charge in [0.25, 0.3) is 0 Å². The van der Waals surface area contributed by atoms with E-state index in [9.17, 15) is 4.39 Å². The van der Waals surface area contributed by atoms with Gasteiger partial charge in [-0.25, -0.2) is 4.39 Å². The zero-order chi connectivity index (χ0) is 11.5. The topological polar surface area (TPSA) is 30.7 Å². The Hall–Kier alpha value is -1.42. The molecule has 0 aliphatic heterocycles. The molecule has 0 atom stereocenters. The second-order valence-corrected chi connectivity index (χ2v) is 3.80. The van der Waals surface area contributed by atoms with Crippen LogP contribution in [0.3, 0.4) is 0 Å². The van der Waals surface area contributed by atoms with Crippen molar-refractivity contribution < 1.29 is 4.39 Å². The van der Waals surface area contributed by atoms with Gasteiger partial charge in [-0.1, -0.05) is 12.1 Å². The Morgan fingerprint density at radius 1 is 1.31 bits per heavy atom. The Kier molecular flexibility index (Phi) is 3.19. The summed E-state index contributed by atoms with van der Waals surface area (Å²) in [5.74, 6) is 1.58. The molecule has 0 saturated carbocycles. The largest absolute Gasteiger partial charge is 0.317 e. The van der Waals surface area contributed by atoms with Crippen molar-refractivity contribution in [1.29, 1.82) is 0 Å². The standard InChI is InChI=1S/C11H11ClFN3/c1-16-10(14-15-11(16)7-12)6-8-3-2-4-9(13)5-8/h2-5H,6-7H2,1H3. The highest BCUT2D eigenvalue weighted by atomic mass is 35.5. The summed E-state index contributed by atoms with van der Waals surface area (Å²) in [7, 11) is 1.85. The van der Waals surface area contributed by atoms with Gasteiger partial charge >= 0.3 is 0 Å². The van der Waals surface area contributed by atoms with Crippen LogP contribution in [-0.4, -0.2) is 14.8 Å². The van der Waals surface area contributed by atoms with Gasteiger partial charge in [0.05, 0.1) is 5.88 Å². The Morgan fingerprint density at radius 3 is 2.69 bits per heavy atom. The van der Waals surface area contributed by atoms with Crippen LogP contribution >= 0.6 is 11.6 Å². The van der Waals surface area contributed by atoms with Crippen molar-refractivity contribution in [3.63, 3.8) is 0 Å². The number of halogens is 2. The number of aromatic nitrogens is 3. The lowest BCUT2D eigenvalue weighted by atomic mass is 10.1. The van der Waals surface area contributed by atoms with Crippen LogP contribution in [0.15, 0.2) is 24.3 Å². The summed E-state index contributed by atoms with van der Waals surface area (Å²) < 4.78 is 14.8. The molecular formula is C11H11ClFN3. The smallest absolute Gasteiger partial charge is 0.147 e. The summed E-state index contributed by atoms with van der Waals surface area (Å²) >= 11 is 5.69. The second kappa shape index (κ2) is 4.61. The van der Waals surface area contributed by atoms with E-state index in [1.165, 1.54) is 12.1 Å². The summed E-state index contributed by atoms with van der Waals surface area (Å²) in [5, 5.41) is 7.96. The highest BCUT2D eigenvalue weighted by Crippen LogP contribution is 2.10. The van der Waals surface area contributed by atoms with Crippen LogP contribution in [0.4, 0.5) is 4.39 Å². The molecule has 0 bridgehead atoms. The van der Waals surface area contributed by atoms with Crippen molar-refractivity contribution in [3.05, 3.63) is 47.3 Å². The van der Waals surface area contributed by atoms with Crippen molar-refractivity contribution in [1.82, 2.24) is 14.8 Å². The molecule has 16 heavy (non-hydrogen) atoms. The Balaban J connectivity index is 2.24. The van der Waals surface area contributed by atoms with Crippen molar-refractivity contribution >= 4 is 11.6 Å². The van der Waals surface area contributed by atoms with E-state index in [-0.39, 0.29) is 5.82 Å². The van der Waals surface area contributed by atoms with Gasteiger partial charge in [-0.2, -0.15) is 0 Å². The van der Waals surface area contributed by atoms with E-state index in [2.05, 4.69) is 10.2 Å². The molecule has 0 spiro atoms. The summed E-state index contributed by atoms with van der Waals surface area (Å²) in [5.41, 5.74) is 0.872. The van der Waals surface area contributed by atoms with E-state index < -0.39 is 0 Å². The molecule has 0 aliphatic rings. The highest BCUT2D eigenvalue weighted by Gasteiger charge is 2.08. The normalized spacial score (nSPS) is 10.7. The molecule has 5 heteroatoms. The van der Waals surface area contributed by atoms with Gasteiger partial charge in [0.2, 0.25) is 0 Å². The van der Waals surface area contributed by atoms with E-state index in [4.69, 9.17) is 11.6 Å². The van der Waals surface area contributed by atoms with E-state index >= 15 is 0 Å². The molecule has 0 saturated heterocycles. The van der Waals surface area contributed by atoms with Crippen LogP contribution in [-0.2, 0) is 19.3 Å². The van der Waals surface area contributed by atoms with Gasteiger partial charge in [-0.05, 0) is 17.7 Å². The van der Waals surface area contributed by atoms with Crippen LogP contribution in [0, 0.1) is 5.82 Å². The molecular weight excluding hydrogens is 229 g/mol. The molecule has 84 valence electrons. The van der Waals surface area contributed by atoms with Gasteiger partial charge in [0.15, 0.2) is 0 Å². The van der Waals surface area contributed by atoms with Crippen LogP contribution in [0.2, 0.25) is 0 Å². The maximum atomic E-state index is 13.0. The minimum absolute atomic E-state index is 0.239. The molecule has 0 N–H and O–H groups in total. The third kappa shape index (κ3) is 2.22.